The zero-order valence-electron chi connectivity index (χ0n) is 9.02. The third-order valence-corrected chi connectivity index (χ3v) is 3.13. The summed E-state index contributed by atoms with van der Waals surface area (Å²) in [6, 6.07) is 6.01. The highest BCUT2D eigenvalue weighted by atomic mass is 79.9. The number of hydrogen-bond acceptors (Lipinski definition) is 1. The van der Waals surface area contributed by atoms with Crippen LogP contribution in [0.2, 0.25) is 5.02 Å². The molecule has 0 aromatic heterocycles. The largest absolute Gasteiger partial charge is 0.313 e. The van der Waals surface area contributed by atoms with Gasteiger partial charge in [-0.05, 0) is 30.7 Å². The second-order valence-corrected chi connectivity index (χ2v) is 4.94. The van der Waals surface area contributed by atoms with Crippen LogP contribution in [0.5, 0.6) is 0 Å². The summed E-state index contributed by atoms with van der Waals surface area (Å²) in [6.07, 6.45) is 3.80. The topological polar surface area (TPSA) is 12.0 Å². The van der Waals surface area contributed by atoms with Gasteiger partial charge in [-0.3, -0.25) is 0 Å². The van der Waals surface area contributed by atoms with Crippen molar-refractivity contribution in [3.05, 3.63) is 33.3 Å². The van der Waals surface area contributed by atoms with Crippen LogP contribution in [0.4, 0.5) is 0 Å². The fourth-order valence-electron chi connectivity index (χ4n) is 1.39. The SMILES string of the molecule is CCCCCNCc1ccc(Br)cc1Cl. The molecule has 0 aliphatic heterocycles. The lowest BCUT2D eigenvalue weighted by atomic mass is 10.2. The van der Waals surface area contributed by atoms with Crippen molar-refractivity contribution in [1.82, 2.24) is 5.32 Å². The van der Waals surface area contributed by atoms with Gasteiger partial charge in [-0.1, -0.05) is 53.4 Å². The predicted molar refractivity (Wildman–Crippen MR) is 70.4 cm³/mol. The normalized spacial score (nSPS) is 10.6. The smallest absolute Gasteiger partial charge is 0.0462 e. The molecule has 1 nitrogen and oxygen atoms in total. The van der Waals surface area contributed by atoms with Gasteiger partial charge in [0, 0.05) is 16.0 Å². The number of benzene rings is 1. The molecular weight excluding hydrogens is 273 g/mol. The molecule has 1 rings (SSSR count). The maximum Gasteiger partial charge on any atom is 0.0462 e. The summed E-state index contributed by atoms with van der Waals surface area (Å²) in [5, 5.41) is 4.22. The van der Waals surface area contributed by atoms with Crippen molar-refractivity contribution in [1.29, 1.82) is 0 Å². The maximum atomic E-state index is 6.10. The highest BCUT2D eigenvalue weighted by molar-refractivity contribution is 9.10. The summed E-state index contributed by atoms with van der Waals surface area (Å²) < 4.78 is 1.03. The molecular formula is C12H17BrClN. The van der Waals surface area contributed by atoms with Crippen LogP contribution in [0, 0.1) is 0 Å². The Morgan fingerprint density at radius 2 is 2.13 bits per heavy atom. The Labute approximate surface area is 105 Å². The van der Waals surface area contributed by atoms with Crippen molar-refractivity contribution in [3.63, 3.8) is 0 Å². The molecule has 0 amide bonds. The first-order chi connectivity index (χ1) is 7.24. The highest BCUT2D eigenvalue weighted by Gasteiger charge is 1.99. The van der Waals surface area contributed by atoms with E-state index in [-0.39, 0.29) is 0 Å². The fourth-order valence-corrected chi connectivity index (χ4v) is 2.13. The maximum absolute atomic E-state index is 6.10. The van der Waals surface area contributed by atoms with E-state index in [1.54, 1.807) is 0 Å². The van der Waals surface area contributed by atoms with Crippen molar-refractivity contribution in [2.24, 2.45) is 0 Å². The second kappa shape index (κ2) is 7.26. The predicted octanol–water partition coefficient (Wildman–Crippen LogP) is 4.38. The highest BCUT2D eigenvalue weighted by Crippen LogP contribution is 2.21. The molecule has 0 fully saturated rings. The molecule has 0 aliphatic rings. The minimum atomic E-state index is 0.826. The summed E-state index contributed by atoms with van der Waals surface area (Å²) >= 11 is 9.49. The van der Waals surface area contributed by atoms with Gasteiger partial charge in [0.15, 0.2) is 0 Å². The van der Waals surface area contributed by atoms with Crippen LogP contribution in [-0.4, -0.2) is 6.54 Å². The van der Waals surface area contributed by atoms with E-state index < -0.39 is 0 Å². The van der Waals surface area contributed by atoms with Crippen LogP contribution in [0.3, 0.4) is 0 Å². The zero-order chi connectivity index (χ0) is 11.1. The van der Waals surface area contributed by atoms with Crippen molar-refractivity contribution < 1.29 is 0 Å². The molecule has 0 saturated heterocycles. The Bertz CT molecular complexity index is 302. The number of halogens is 2. The first-order valence-electron chi connectivity index (χ1n) is 5.38. The molecule has 3 heteroatoms. The molecule has 1 aromatic rings. The fraction of sp³-hybridized carbons (Fsp3) is 0.500. The van der Waals surface area contributed by atoms with Gasteiger partial charge in [0.1, 0.15) is 0 Å². The lowest BCUT2D eigenvalue weighted by Gasteiger charge is -2.06. The molecule has 1 N–H and O–H groups in total. The molecule has 0 spiro atoms. The van der Waals surface area contributed by atoms with Crippen LogP contribution in [0.25, 0.3) is 0 Å². The quantitative estimate of drug-likeness (QED) is 0.767. The van der Waals surface area contributed by atoms with E-state index in [0.717, 1.165) is 28.1 Å². The minimum absolute atomic E-state index is 0.826. The van der Waals surface area contributed by atoms with E-state index in [1.165, 1.54) is 19.3 Å². The van der Waals surface area contributed by atoms with Crippen molar-refractivity contribution in [2.75, 3.05) is 6.54 Å². The number of hydrogen-bond donors (Lipinski definition) is 1. The first-order valence-corrected chi connectivity index (χ1v) is 6.55. The van der Waals surface area contributed by atoms with Crippen LogP contribution in [0.1, 0.15) is 31.7 Å². The Balaban J connectivity index is 2.31. The number of unbranched alkanes of at least 4 members (excludes halogenated alkanes) is 2. The Kier molecular flexibility index (Phi) is 6.30. The molecule has 0 atom stereocenters. The molecule has 84 valence electrons. The van der Waals surface area contributed by atoms with E-state index in [1.807, 2.05) is 12.1 Å². The van der Waals surface area contributed by atoms with Gasteiger partial charge in [-0.25, -0.2) is 0 Å². The van der Waals surface area contributed by atoms with Gasteiger partial charge in [0.05, 0.1) is 0 Å². The van der Waals surface area contributed by atoms with E-state index in [9.17, 15) is 0 Å². The van der Waals surface area contributed by atoms with Crippen molar-refractivity contribution in [2.45, 2.75) is 32.7 Å². The minimum Gasteiger partial charge on any atom is -0.313 e. The van der Waals surface area contributed by atoms with Gasteiger partial charge in [0.2, 0.25) is 0 Å². The molecule has 0 radical (unpaired) electrons. The van der Waals surface area contributed by atoms with Gasteiger partial charge in [0.25, 0.3) is 0 Å². The Hall–Kier alpha value is -0.0500. The molecule has 0 heterocycles. The second-order valence-electron chi connectivity index (χ2n) is 3.62. The number of rotatable bonds is 6. The summed E-state index contributed by atoms with van der Waals surface area (Å²) in [5.41, 5.74) is 1.16. The van der Waals surface area contributed by atoms with Crippen LogP contribution in [0.15, 0.2) is 22.7 Å². The number of nitrogens with one attached hydrogen (secondary N) is 1. The van der Waals surface area contributed by atoms with Crippen LogP contribution in [-0.2, 0) is 6.54 Å². The third-order valence-electron chi connectivity index (χ3n) is 2.29. The van der Waals surface area contributed by atoms with E-state index in [2.05, 4.69) is 34.2 Å². The summed E-state index contributed by atoms with van der Waals surface area (Å²) in [7, 11) is 0. The lowest BCUT2D eigenvalue weighted by molar-refractivity contribution is 0.617. The standard InChI is InChI=1S/C12H17BrClN/c1-2-3-4-7-15-9-10-5-6-11(13)8-12(10)14/h5-6,8,15H,2-4,7,9H2,1H3. The molecule has 0 aliphatic carbocycles. The summed E-state index contributed by atoms with van der Waals surface area (Å²) in [6.45, 7) is 4.14. The average Bonchev–Trinajstić information content (AvgIpc) is 2.20. The molecule has 0 unspecified atom stereocenters. The van der Waals surface area contributed by atoms with Crippen LogP contribution < -0.4 is 5.32 Å². The first kappa shape index (κ1) is 13.0. The van der Waals surface area contributed by atoms with Crippen molar-refractivity contribution >= 4 is 27.5 Å². The molecule has 1 aromatic carbocycles. The van der Waals surface area contributed by atoms with Gasteiger partial charge in [-0.15, -0.1) is 0 Å². The summed E-state index contributed by atoms with van der Waals surface area (Å²) in [5.74, 6) is 0. The van der Waals surface area contributed by atoms with Gasteiger partial charge in [-0.2, -0.15) is 0 Å². The van der Waals surface area contributed by atoms with Crippen LogP contribution >= 0.6 is 27.5 Å². The monoisotopic (exact) mass is 289 g/mol. The van der Waals surface area contributed by atoms with E-state index >= 15 is 0 Å². The summed E-state index contributed by atoms with van der Waals surface area (Å²) in [4.78, 5) is 0. The third kappa shape index (κ3) is 5.01. The van der Waals surface area contributed by atoms with E-state index in [0.29, 0.717) is 0 Å². The molecule has 0 saturated carbocycles. The molecule has 0 bridgehead atoms. The Morgan fingerprint density at radius 1 is 1.33 bits per heavy atom. The molecule has 15 heavy (non-hydrogen) atoms. The van der Waals surface area contributed by atoms with Crippen molar-refractivity contribution in [3.8, 4) is 0 Å². The van der Waals surface area contributed by atoms with Gasteiger partial charge < -0.3 is 5.32 Å². The Morgan fingerprint density at radius 3 is 2.80 bits per heavy atom. The zero-order valence-corrected chi connectivity index (χ0v) is 11.4. The van der Waals surface area contributed by atoms with Gasteiger partial charge >= 0.3 is 0 Å². The lowest BCUT2D eigenvalue weighted by Crippen LogP contribution is -2.14. The van der Waals surface area contributed by atoms with E-state index in [4.69, 9.17) is 11.6 Å². The average molecular weight is 291 g/mol.